The topological polar surface area (TPSA) is 144 Å². The van der Waals surface area contributed by atoms with Crippen LogP contribution < -0.4 is 10.6 Å². The van der Waals surface area contributed by atoms with Crippen molar-refractivity contribution in [2.75, 3.05) is 11.4 Å². The number of ketones is 1. The van der Waals surface area contributed by atoms with Gasteiger partial charge in [0.1, 0.15) is 6.54 Å². The number of nitrogens with two attached hydrogens (primary N) is 1. The lowest BCUT2D eigenvalue weighted by Crippen LogP contribution is -2.44. The highest BCUT2D eigenvalue weighted by Crippen LogP contribution is 2.42. The zero-order valence-corrected chi connectivity index (χ0v) is 14.0. The van der Waals surface area contributed by atoms with Crippen LogP contribution in [0.4, 0.5) is 11.4 Å². The van der Waals surface area contributed by atoms with E-state index < -0.39 is 41.1 Å². The molecule has 9 heteroatoms. The first kappa shape index (κ1) is 18.2. The van der Waals surface area contributed by atoms with Gasteiger partial charge in [-0.1, -0.05) is 18.2 Å². The molecule has 138 valence electrons. The number of nitrogens with zero attached hydrogens (tertiary/aromatic N) is 2. The molecule has 27 heavy (non-hydrogen) atoms. The third-order valence-electron chi connectivity index (χ3n) is 4.37. The number of non-ortho nitro benzene ring substituents is 1. The lowest BCUT2D eigenvalue weighted by molar-refractivity contribution is -0.384. The maximum absolute atomic E-state index is 12.8. The number of amides is 2. The molecular weight excluding hydrogens is 354 g/mol. The molecule has 2 aromatic carbocycles. The Kier molecular flexibility index (Phi) is 4.46. The number of nitro groups is 1. The van der Waals surface area contributed by atoms with Gasteiger partial charge in [0.05, 0.1) is 17.0 Å². The number of primary amides is 1. The summed E-state index contributed by atoms with van der Waals surface area (Å²) in [6.07, 6.45) is -0.573. The van der Waals surface area contributed by atoms with E-state index in [0.717, 1.165) is 4.90 Å². The normalized spacial score (nSPS) is 18.3. The fourth-order valence-corrected chi connectivity index (χ4v) is 3.09. The van der Waals surface area contributed by atoms with E-state index >= 15 is 0 Å². The van der Waals surface area contributed by atoms with E-state index in [1.54, 1.807) is 18.2 Å². The van der Waals surface area contributed by atoms with Crippen LogP contribution in [0.25, 0.3) is 0 Å². The molecule has 3 rings (SSSR count). The van der Waals surface area contributed by atoms with Gasteiger partial charge in [0, 0.05) is 23.3 Å². The monoisotopic (exact) mass is 369 g/mol. The minimum absolute atomic E-state index is 0.118. The molecular formula is C18H15N3O6. The van der Waals surface area contributed by atoms with E-state index in [1.165, 1.54) is 30.3 Å². The summed E-state index contributed by atoms with van der Waals surface area (Å²) in [5.41, 5.74) is 3.47. The number of Topliss-reactive ketones (excluding diaryl/α,β-unsaturated/α-hetero) is 1. The summed E-state index contributed by atoms with van der Waals surface area (Å²) in [5, 5.41) is 21.7. The maximum Gasteiger partial charge on any atom is 0.269 e. The lowest BCUT2D eigenvalue weighted by atomic mass is 9.88. The zero-order chi connectivity index (χ0) is 19.8. The first-order valence-corrected chi connectivity index (χ1v) is 7.94. The van der Waals surface area contributed by atoms with Crippen LogP contribution in [0.5, 0.6) is 0 Å². The van der Waals surface area contributed by atoms with Crippen molar-refractivity contribution in [2.45, 2.75) is 12.0 Å². The van der Waals surface area contributed by atoms with Crippen LogP contribution in [0.3, 0.4) is 0 Å². The molecule has 9 nitrogen and oxygen atoms in total. The van der Waals surface area contributed by atoms with Gasteiger partial charge in [-0.2, -0.15) is 0 Å². The quantitative estimate of drug-likeness (QED) is 0.439. The molecule has 1 aliphatic heterocycles. The maximum atomic E-state index is 12.8. The minimum atomic E-state index is -2.15. The zero-order valence-electron chi connectivity index (χ0n) is 14.0. The summed E-state index contributed by atoms with van der Waals surface area (Å²) in [7, 11) is 0. The second-order valence-electron chi connectivity index (χ2n) is 6.14. The second kappa shape index (κ2) is 6.61. The standard InChI is InChI=1S/C18H15N3O6/c19-16(23)10-20-14-4-2-1-3-13(14)18(25,17(20)24)9-15(22)11-5-7-12(8-6-11)21(26)27/h1-8,25H,9-10H2,(H2,19,23)/t18-/m0/s1. The Morgan fingerprint density at radius 1 is 1.15 bits per heavy atom. The summed E-state index contributed by atoms with van der Waals surface area (Å²) in [6.45, 7) is -0.427. The van der Waals surface area contributed by atoms with Gasteiger partial charge in [-0.05, 0) is 18.2 Å². The van der Waals surface area contributed by atoms with Crippen LogP contribution in [0.2, 0.25) is 0 Å². The fourth-order valence-electron chi connectivity index (χ4n) is 3.09. The van der Waals surface area contributed by atoms with Crippen molar-refractivity contribution in [1.82, 2.24) is 0 Å². The number of carbonyl (C=O) groups is 3. The van der Waals surface area contributed by atoms with Gasteiger partial charge in [-0.3, -0.25) is 29.4 Å². The highest BCUT2D eigenvalue weighted by molar-refractivity contribution is 6.12. The second-order valence-corrected chi connectivity index (χ2v) is 6.14. The average molecular weight is 369 g/mol. The van der Waals surface area contributed by atoms with E-state index in [9.17, 15) is 29.6 Å². The molecule has 0 unspecified atom stereocenters. The van der Waals surface area contributed by atoms with Crippen molar-refractivity contribution in [2.24, 2.45) is 5.73 Å². The Balaban J connectivity index is 1.93. The lowest BCUT2D eigenvalue weighted by Gasteiger charge is -2.22. The number of benzene rings is 2. The number of aliphatic hydroxyl groups is 1. The van der Waals surface area contributed by atoms with E-state index in [2.05, 4.69) is 0 Å². The summed E-state index contributed by atoms with van der Waals surface area (Å²) < 4.78 is 0. The van der Waals surface area contributed by atoms with Crippen molar-refractivity contribution < 1.29 is 24.4 Å². The molecule has 2 amide bonds. The first-order valence-electron chi connectivity index (χ1n) is 7.94. The van der Waals surface area contributed by atoms with Crippen molar-refractivity contribution in [1.29, 1.82) is 0 Å². The molecule has 1 heterocycles. The largest absolute Gasteiger partial charge is 0.375 e. The Morgan fingerprint density at radius 3 is 2.37 bits per heavy atom. The number of carbonyl (C=O) groups excluding carboxylic acids is 3. The van der Waals surface area contributed by atoms with E-state index in [4.69, 9.17) is 5.73 Å². The molecule has 0 saturated heterocycles. The fraction of sp³-hybridized carbons (Fsp3) is 0.167. The van der Waals surface area contributed by atoms with E-state index in [1.807, 2.05) is 0 Å². The molecule has 0 radical (unpaired) electrons. The molecule has 0 saturated carbocycles. The Labute approximate surface area is 153 Å². The Hall–Kier alpha value is -3.59. The molecule has 3 N–H and O–H groups in total. The molecule has 0 bridgehead atoms. The Morgan fingerprint density at radius 2 is 1.78 bits per heavy atom. The smallest absolute Gasteiger partial charge is 0.269 e. The average Bonchev–Trinajstić information content (AvgIpc) is 2.84. The third-order valence-corrected chi connectivity index (χ3v) is 4.37. The number of fused-ring (bicyclic) bond motifs is 1. The minimum Gasteiger partial charge on any atom is -0.375 e. The third kappa shape index (κ3) is 3.15. The van der Waals surface area contributed by atoms with Gasteiger partial charge in [-0.15, -0.1) is 0 Å². The van der Waals surface area contributed by atoms with Crippen LogP contribution in [0, 0.1) is 10.1 Å². The van der Waals surface area contributed by atoms with E-state index in [0.29, 0.717) is 5.69 Å². The van der Waals surface area contributed by atoms with Crippen LogP contribution >= 0.6 is 0 Å². The molecule has 1 atom stereocenters. The van der Waals surface area contributed by atoms with Crippen molar-refractivity contribution in [3.8, 4) is 0 Å². The molecule has 2 aromatic rings. The number of hydrogen-bond acceptors (Lipinski definition) is 6. The number of anilines is 1. The molecule has 0 aliphatic carbocycles. The summed E-state index contributed by atoms with van der Waals surface area (Å²) in [6, 6.07) is 11.1. The van der Waals surface area contributed by atoms with Gasteiger partial charge < -0.3 is 10.8 Å². The number of hydrogen-bond donors (Lipinski definition) is 2. The summed E-state index contributed by atoms with van der Waals surface area (Å²) in [4.78, 5) is 47.8. The molecule has 0 aromatic heterocycles. The first-order chi connectivity index (χ1) is 12.7. The van der Waals surface area contributed by atoms with Crippen molar-refractivity contribution in [3.63, 3.8) is 0 Å². The van der Waals surface area contributed by atoms with E-state index in [-0.39, 0.29) is 16.8 Å². The van der Waals surface area contributed by atoms with Gasteiger partial charge >= 0.3 is 0 Å². The van der Waals surface area contributed by atoms with Crippen LogP contribution in [-0.2, 0) is 15.2 Å². The number of nitro benzene ring substituents is 1. The molecule has 1 aliphatic rings. The Bertz CT molecular complexity index is 956. The van der Waals surface area contributed by atoms with Crippen LogP contribution in [-0.4, -0.2) is 34.2 Å². The van der Waals surface area contributed by atoms with Gasteiger partial charge in [0.2, 0.25) is 5.91 Å². The van der Waals surface area contributed by atoms with Crippen LogP contribution in [0.15, 0.2) is 48.5 Å². The van der Waals surface area contributed by atoms with Crippen molar-refractivity contribution in [3.05, 3.63) is 69.8 Å². The predicted molar refractivity (Wildman–Crippen MR) is 93.9 cm³/mol. The predicted octanol–water partition coefficient (Wildman–Crippen LogP) is 0.887. The van der Waals surface area contributed by atoms with Gasteiger partial charge in [0.25, 0.3) is 11.6 Å². The van der Waals surface area contributed by atoms with Crippen molar-refractivity contribution >= 4 is 29.0 Å². The number of para-hydroxylation sites is 1. The van der Waals surface area contributed by atoms with Crippen LogP contribution in [0.1, 0.15) is 22.3 Å². The number of rotatable bonds is 6. The van der Waals surface area contributed by atoms with Gasteiger partial charge in [-0.25, -0.2) is 0 Å². The SMILES string of the molecule is NC(=O)CN1C(=O)[C@](O)(CC(=O)c2ccc([N+](=O)[O-])cc2)c2ccccc21. The molecule has 0 fully saturated rings. The summed E-state index contributed by atoms with van der Waals surface area (Å²) in [5.74, 6) is -2.15. The van der Waals surface area contributed by atoms with Gasteiger partial charge in [0.15, 0.2) is 11.4 Å². The summed E-state index contributed by atoms with van der Waals surface area (Å²) >= 11 is 0. The molecule has 0 spiro atoms. The highest BCUT2D eigenvalue weighted by Gasteiger charge is 2.51. The highest BCUT2D eigenvalue weighted by atomic mass is 16.6.